The van der Waals surface area contributed by atoms with E-state index in [1.807, 2.05) is 29.6 Å². The van der Waals surface area contributed by atoms with Gasteiger partial charge in [-0.2, -0.15) is 0 Å². The third kappa shape index (κ3) is 5.64. The highest BCUT2D eigenvalue weighted by Gasteiger charge is 2.30. The highest BCUT2D eigenvalue weighted by molar-refractivity contribution is 9.10. The number of rotatable bonds is 9. The van der Waals surface area contributed by atoms with E-state index in [0.717, 1.165) is 41.5 Å². The second-order valence-electron chi connectivity index (χ2n) is 8.30. The summed E-state index contributed by atoms with van der Waals surface area (Å²) in [6, 6.07) is 9.47. The lowest BCUT2D eigenvalue weighted by atomic mass is 9.90. The summed E-state index contributed by atoms with van der Waals surface area (Å²) < 4.78 is 6.15. The van der Waals surface area contributed by atoms with E-state index in [1.165, 1.54) is 17.7 Å². The zero-order chi connectivity index (χ0) is 23.4. The fraction of sp³-hybridized carbons (Fsp3) is 0.348. The number of aliphatic hydroxyl groups is 1. The predicted octanol–water partition coefficient (Wildman–Crippen LogP) is 4.91. The van der Waals surface area contributed by atoms with Crippen LogP contribution in [0.1, 0.15) is 52.5 Å². The number of benzene rings is 1. The molecule has 2 heterocycles. The minimum atomic E-state index is -1.23. The Bertz CT molecular complexity index is 1120. The normalized spacial score (nSPS) is 19.9. The Morgan fingerprint density at radius 2 is 2.24 bits per heavy atom. The third-order valence-electron chi connectivity index (χ3n) is 5.98. The van der Waals surface area contributed by atoms with Gasteiger partial charge >= 0.3 is 0 Å². The first-order chi connectivity index (χ1) is 15.9. The summed E-state index contributed by atoms with van der Waals surface area (Å²) in [6.07, 6.45) is 5.92. The van der Waals surface area contributed by atoms with Crippen LogP contribution in [0.3, 0.4) is 0 Å². The number of nitrogens with zero attached hydrogens (tertiary/aromatic N) is 2. The lowest BCUT2D eigenvalue weighted by Crippen LogP contribution is -2.22. The molecule has 4 N–H and O–H groups in total. The maximum absolute atomic E-state index is 13.3. The van der Waals surface area contributed by atoms with E-state index in [2.05, 4.69) is 31.2 Å². The number of thiophene rings is 1. The van der Waals surface area contributed by atoms with Crippen molar-refractivity contribution in [1.82, 2.24) is 9.97 Å². The fourth-order valence-electron chi connectivity index (χ4n) is 4.10. The van der Waals surface area contributed by atoms with Crippen molar-refractivity contribution in [3.8, 4) is 0 Å². The SMILES string of the molecule is CC(O)(c1cccc(Br)c1)c1csc(C(=O)c2cncnc2NC2CCC(COSN)C2)c1. The predicted molar refractivity (Wildman–Crippen MR) is 135 cm³/mol. The smallest absolute Gasteiger partial charge is 0.208 e. The summed E-state index contributed by atoms with van der Waals surface area (Å²) in [7, 11) is 0. The number of hydrogen-bond donors (Lipinski definition) is 3. The van der Waals surface area contributed by atoms with E-state index in [9.17, 15) is 9.90 Å². The molecule has 10 heteroatoms. The molecule has 33 heavy (non-hydrogen) atoms. The Hall–Kier alpha value is -1.82. The Morgan fingerprint density at radius 3 is 3.03 bits per heavy atom. The number of aromatic nitrogens is 2. The van der Waals surface area contributed by atoms with Crippen molar-refractivity contribution >= 4 is 51.1 Å². The highest BCUT2D eigenvalue weighted by atomic mass is 79.9. The second kappa shape index (κ2) is 10.6. The summed E-state index contributed by atoms with van der Waals surface area (Å²) in [5.41, 5.74) is 0.601. The van der Waals surface area contributed by atoms with E-state index >= 15 is 0 Å². The minimum absolute atomic E-state index is 0.170. The summed E-state index contributed by atoms with van der Waals surface area (Å²) in [5, 5.41) is 21.8. The Balaban J connectivity index is 1.51. The summed E-state index contributed by atoms with van der Waals surface area (Å²) in [6.45, 7) is 2.35. The van der Waals surface area contributed by atoms with Gasteiger partial charge in [-0.05, 0) is 66.8 Å². The average molecular weight is 550 g/mol. The quantitative estimate of drug-likeness (QED) is 0.196. The Labute approximate surface area is 209 Å². The molecule has 1 aliphatic carbocycles. The lowest BCUT2D eigenvalue weighted by Gasteiger charge is -2.23. The van der Waals surface area contributed by atoms with Gasteiger partial charge in [-0.15, -0.1) is 11.3 Å². The van der Waals surface area contributed by atoms with Crippen molar-refractivity contribution in [3.05, 3.63) is 74.3 Å². The van der Waals surface area contributed by atoms with Crippen LogP contribution in [0.2, 0.25) is 0 Å². The molecule has 7 nitrogen and oxygen atoms in total. The molecular weight excluding hydrogens is 524 g/mol. The molecular formula is C23H25BrN4O3S2. The highest BCUT2D eigenvalue weighted by Crippen LogP contribution is 2.35. The largest absolute Gasteiger partial charge is 0.381 e. The van der Waals surface area contributed by atoms with Gasteiger partial charge < -0.3 is 14.6 Å². The van der Waals surface area contributed by atoms with Crippen molar-refractivity contribution in [3.63, 3.8) is 0 Å². The molecule has 1 aromatic carbocycles. The molecule has 3 unspecified atom stereocenters. The monoisotopic (exact) mass is 548 g/mol. The molecule has 0 spiro atoms. The van der Waals surface area contributed by atoms with Crippen molar-refractivity contribution in [2.24, 2.45) is 11.1 Å². The molecule has 3 atom stereocenters. The van der Waals surface area contributed by atoms with E-state index in [-0.39, 0.29) is 11.8 Å². The number of hydrogen-bond acceptors (Lipinski definition) is 9. The van der Waals surface area contributed by atoms with E-state index in [0.29, 0.717) is 34.3 Å². The topological polar surface area (TPSA) is 110 Å². The van der Waals surface area contributed by atoms with Crippen LogP contribution < -0.4 is 10.5 Å². The van der Waals surface area contributed by atoms with Gasteiger partial charge in [0.1, 0.15) is 17.7 Å². The first-order valence-electron chi connectivity index (χ1n) is 10.6. The number of carbonyl (C=O) groups excluding carboxylic acids is 1. The molecule has 1 aliphatic rings. The molecule has 174 valence electrons. The van der Waals surface area contributed by atoms with Crippen LogP contribution in [0.15, 0.2) is 52.7 Å². The van der Waals surface area contributed by atoms with Gasteiger partial charge in [0.25, 0.3) is 0 Å². The van der Waals surface area contributed by atoms with Crippen LogP contribution >= 0.6 is 39.5 Å². The lowest BCUT2D eigenvalue weighted by molar-refractivity contribution is 0.102. The van der Waals surface area contributed by atoms with Gasteiger partial charge in [-0.25, -0.2) is 9.97 Å². The summed E-state index contributed by atoms with van der Waals surface area (Å²) in [5.74, 6) is 0.792. The number of nitrogens with two attached hydrogens (primary N) is 1. The molecule has 0 saturated heterocycles. The molecule has 1 saturated carbocycles. The number of halogens is 1. The zero-order valence-electron chi connectivity index (χ0n) is 18.0. The fourth-order valence-corrected chi connectivity index (χ4v) is 5.73. The van der Waals surface area contributed by atoms with E-state index < -0.39 is 5.60 Å². The average Bonchev–Trinajstić information content (AvgIpc) is 3.48. The molecule has 0 radical (unpaired) electrons. The third-order valence-corrected chi connectivity index (χ3v) is 7.68. The van der Waals surface area contributed by atoms with Gasteiger partial charge in [-0.3, -0.25) is 9.93 Å². The number of nitrogens with one attached hydrogen (secondary N) is 1. The number of ketones is 1. The Morgan fingerprint density at radius 1 is 1.39 bits per heavy atom. The van der Waals surface area contributed by atoms with Crippen LogP contribution in [-0.4, -0.2) is 33.5 Å². The Kier molecular flexibility index (Phi) is 7.83. The molecule has 3 aromatic rings. The van der Waals surface area contributed by atoms with Crippen LogP contribution in [0.4, 0.5) is 5.82 Å². The standard InChI is InChI=1S/C23H25BrN4O3S2/c1-23(30,15-3-2-4-17(24)8-15)16-9-20(32-12-16)21(29)19-10-26-13-27-22(19)28-18-6-5-14(7-18)11-31-33-25/h2-4,8-10,12-14,18,30H,5-7,11,25H2,1H3,(H,26,27,28). The molecule has 4 rings (SSSR count). The number of carbonyl (C=O) groups is 1. The van der Waals surface area contributed by atoms with Gasteiger partial charge in [0.15, 0.2) is 0 Å². The maximum Gasteiger partial charge on any atom is 0.208 e. The van der Waals surface area contributed by atoms with Crippen LogP contribution in [0.5, 0.6) is 0 Å². The van der Waals surface area contributed by atoms with Crippen molar-refractivity contribution in [2.45, 2.75) is 37.8 Å². The van der Waals surface area contributed by atoms with E-state index in [4.69, 9.17) is 9.32 Å². The van der Waals surface area contributed by atoms with Gasteiger partial charge in [0.05, 0.1) is 29.3 Å². The minimum Gasteiger partial charge on any atom is -0.381 e. The van der Waals surface area contributed by atoms with Crippen LogP contribution in [0, 0.1) is 5.92 Å². The molecule has 2 aromatic heterocycles. The first-order valence-corrected chi connectivity index (χ1v) is 13.0. The summed E-state index contributed by atoms with van der Waals surface area (Å²) >= 11 is 5.65. The zero-order valence-corrected chi connectivity index (χ0v) is 21.3. The summed E-state index contributed by atoms with van der Waals surface area (Å²) in [4.78, 5) is 22.3. The van der Waals surface area contributed by atoms with E-state index in [1.54, 1.807) is 19.2 Å². The molecule has 0 amide bonds. The van der Waals surface area contributed by atoms with Gasteiger partial charge in [0, 0.05) is 16.7 Å². The number of anilines is 1. The first kappa shape index (κ1) is 24.3. The van der Waals surface area contributed by atoms with Crippen molar-refractivity contribution in [2.75, 3.05) is 11.9 Å². The van der Waals surface area contributed by atoms with Crippen molar-refractivity contribution < 1.29 is 14.1 Å². The molecule has 0 bridgehead atoms. The van der Waals surface area contributed by atoms with Crippen LogP contribution in [-0.2, 0) is 9.78 Å². The van der Waals surface area contributed by atoms with Gasteiger partial charge in [0.2, 0.25) is 5.78 Å². The molecule has 1 fully saturated rings. The van der Waals surface area contributed by atoms with Crippen LogP contribution in [0.25, 0.3) is 0 Å². The second-order valence-corrected chi connectivity index (χ2v) is 10.6. The van der Waals surface area contributed by atoms with Gasteiger partial charge in [-0.1, -0.05) is 28.1 Å². The van der Waals surface area contributed by atoms with Crippen molar-refractivity contribution in [1.29, 1.82) is 0 Å². The molecule has 0 aliphatic heterocycles. The maximum atomic E-state index is 13.3.